The number of ketones is 1. The summed E-state index contributed by atoms with van der Waals surface area (Å²) < 4.78 is 0. The summed E-state index contributed by atoms with van der Waals surface area (Å²) in [5.41, 5.74) is 0. The molecule has 0 saturated heterocycles. The average Bonchev–Trinajstić information content (AvgIpc) is 3.07. The molecule has 1 aliphatic rings. The predicted octanol–water partition coefficient (Wildman–Crippen LogP) is 6.46. The predicted molar refractivity (Wildman–Crippen MR) is 116 cm³/mol. The van der Waals surface area contributed by atoms with E-state index in [1.54, 1.807) is 0 Å². The van der Waals surface area contributed by atoms with Gasteiger partial charge in [-0.3, -0.25) is 4.79 Å². The topological polar surface area (TPSA) is 57.5 Å². The summed E-state index contributed by atoms with van der Waals surface area (Å²) in [7, 11) is 0. The lowest BCUT2D eigenvalue weighted by molar-refractivity contribution is -0.117. The maximum atomic E-state index is 11.0. The molecule has 0 aliphatic heterocycles. The smallest absolute Gasteiger partial charge is 0.133 e. The molecule has 1 saturated carbocycles. The van der Waals surface area contributed by atoms with Crippen molar-refractivity contribution in [2.75, 3.05) is 6.61 Å². The van der Waals surface area contributed by atoms with E-state index in [9.17, 15) is 4.79 Å². The fourth-order valence-corrected chi connectivity index (χ4v) is 2.54. The third-order valence-electron chi connectivity index (χ3n) is 3.95. The molecule has 0 aromatic heterocycles. The van der Waals surface area contributed by atoms with E-state index >= 15 is 0 Å². The van der Waals surface area contributed by atoms with Crippen molar-refractivity contribution in [2.24, 2.45) is 5.92 Å². The monoisotopic (exact) mass is 372 g/mol. The molecule has 0 aromatic carbocycles. The second-order valence-electron chi connectivity index (χ2n) is 6.39. The van der Waals surface area contributed by atoms with E-state index in [2.05, 4.69) is 19.1 Å². The van der Waals surface area contributed by atoms with Gasteiger partial charge in [-0.15, -0.1) is 0 Å². The van der Waals surface area contributed by atoms with E-state index in [4.69, 9.17) is 10.2 Å². The Morgan fingerprint density at radius 3 is 2.19 bits per heavy atom. The maximum absolute atomic E-state index is 11.0. The molecule has 0 amide bonds. The molecule has 158 valence electrons. The Kier molecular flexibility index (Phi) is 30.7. The van der Waals surface area contributed by atoms with Crippen LogP contribution in [0.5, 0.6) is 0 Å². The molecule has 1 rings (SSSR count). The highest BCUT2D eigenvalue weighted by molar-refractivity contribution is 5.80. The van der Waals surface area contributed by atoms with Gasteiger partial charge in [-0.1, -0.05) is 72.5 Å². The molecule has 3 heteroatoms. The van der Waals surface area contributed by atoms with Crippen LogP contribution in [-0.4, -0.2) is 28.7 Å². The van der Waals surface area contributed by atoms with Crippen molar-refractivity contribution in [1.82, 2.24) is 0 Å². The molecule has 1 fully saturated rings. The summed E-state index contributed by atoms with van der Waals surface area (Å²) in [6, 6.07) is 0. The SMILES string of the molecule is CC.CC.CCCCCCO.C[C@@H](O)CCCC/C=C/C1CCC(=O)C1. The van der Waals surface area contributed by atoms with Crippen LogP contribution in [0.4, 0.5) is 0 Å². The Bertz CT molecular complexity index is 281. The molecule has 2 atom stereocenters. The molecule has 0 aromatic rings. The number of rotatable bonds is 10. The zero-order valence-corrected chi connectivity index (χ0v) is 18.6. The molecule has 0 spiro atoms. The molecule has 0 heterocycles. The van der Waals surface area contributed by atoms with Crippen LogP contribution in [0.3, 0.4) is 0 Å². The van der Waals surface area contributed by atoms with E-state index in [-0.39, 0.29) is 6.10 Å². The normalized spacial score (nSPS) is 16.8. The number of Topliss-reactive ketones (excluding diaryl/α,β-unsaturated/α-hetero) is 1. The van der Waals surface area contributed by atoms with Crippen LogP contribution in [0.25, 0.3) is 0 Å². The van der Waals surface area contributed by atoms with Gasteiger partial charge in [0.25, 0.3) is 0 Å². The third-order valence-corrected chi connectivity index (χ3v) is 3.95. The molecule has 26 heavy (non-hydrogen) atoms. The number of carbonyl (C=O) groups is 1. The van der Waals surface area contributed by atoms with Crippen molar-refractivity contribution in [2.45, 2.75) is 118 Å². The summed E-state index contributed by atoms with van der Waals surface area (Å²) in [4.78, 5) is 11.0. The van der Waals surface area contributed by atoms with Gasteiger partial charge in [0.05, 0.1) is 6.10 Å². The average molecular weight is 373 g/mol. The first-order valence-electron chi connectivity index (χ1n) is 11.1. The minimum absolute atomic E-state index is 0.165. The molecule has 3 nitrogen and oxygen atoms in total. The Hall–Kier alpha value is -0.670. The number of unbranched alkanes of at least 4 members (excludes halogenated alkanes) is 5. The number of allylic oxidation sites excluding steroid dienone is 2. The zero-order chi connectivity index (χ0) is 20.6. The number of aliphatic hydroxyl groups is 2. The number of hydrogen-bond acceptors (Lipinski definition) is 3. The lowest BCUT2D eigenvalue weighted by Crippen LogP contribution is -1.97. The molecule has 0 bridgehead atoms. The van der Waals surface area contributed by atoms with Gasteiger partial charge in [0, 0.05) is 19.4 Å². The first-order valence-corrected chi connectivity index (χ1v) is 11.1. The van der Waals surface area contributed by atoms with Crippen molar-refractivity contribution in [1.29, 1.82) is 0 Å². The van der Waals surface area contributed by atoms with Gasteiger partial charge in [-0.25, -0.2) is 0 Å². The van der Waals surface area contributed by atoms with Crippen LogP contribution in [-0.2, 0) is 4.79 Å². The Balaban J connectivity index is -0.000000405. The first-order chi connectivity index (χ1) is 12.6. The van der Waals surface area contributed by atoms with Crippen molar-refractivity contribution < 1.29 is 15.0 Å². The maximum Gasteiger partial charge on any atom is 0.133 e. The highest BCUT2D eigenvalue weighted by Gasteiger charge is 2.18. The van der Waals surface area contributed by atoms with Crippen LogP contribution in [0, 0.1) is 5.92 Å². The fraction of sp³-hybridized carbons (Fsp3) is 0.870. The van der Waals surface area contributed by atoms with E-state index < -0.39 is 0 Å². The zero-order valence-electron chi connectivity index (χ0n) is 18.6. The van der Waals surface area contributed by atoms with Crippen molar-refractivity contribution in [3.63, 3.8) is 0 Å². The Morgan fingerprint density at radius 2 is 1.73 bits per heavy atom. The van der Waals surface area contributed by atoms with E-state index in [0.29, 0.717) is 18.3 Å². The van der Waals surface area contributed by atoms with Gasteiger partial charge in [-0.05, 0) is 44.9 Å². The van der Waals surface area contributed by atoms with Crippen molar-refractivity contribution in [3.05, 3.63) is 12.2 Å². The number of carbonyl (C=O) groups excluding carboxylic acids is 1. The molecule has 2 N–H and O–H groups in total. The first kappa shape index (κ1) is 30.1. The summed E-state index contributed by atoms with van der Waals surface area (Å²) >= 11 is 0. The standard InChI is InChI=1S/C13H22O2.C6H14O.2C2H6/c1-11(14)6-4-2-3-5-7-12-8-9-13(15)10-12;1-2-3-4-5-6-7;2*1-2/h5,7,11-12,14H,2-4,6,8-10H2,1H3;7H,2-6H2,1H3;2*1-2H3/b7-5+;;;/t11-,12?;;;/m1.../s1. The minimum Gasteiger partial charge on any atom is -0.396 e. The van der Waals surface area contributed by atoms with Gasteiger partial charge in [0.1, 0.15) is 5.78 Å². The minimum atomic E-state index is -0.165. The number of hydrogen-bond donors (Lipinski definition) is 2. The molecule has 1 unspecified atom stereocenters. The molecule has 1 aliphatic carbocycles. The molecular weight excluding hydrogens is 324 g/mol. The second kappa shape index (κ2) is 26.6. The molecular formula is C23H48O3. The van der Waals surface area contributed by atoms with Crippen molar-refractivity contribution in [3.8, 4) is 0 Å². The summed E-state index contributed by atoms with van der Waals surface area (Å²) in [6.45, 7) is 12.4. The summed E-state index contributed by atoms with van der Waals surface area (Å²) in [6.07, 6.45) is 15.7. The van der Waals surface area contributed by atoms with Crippen LogP contribution in [0.15, 0.2) is 12.2 Å². The highest BCUT2D eigenvalue weighted by atomic mass is 16.3. The highest BCUT2D eigenvalue weighted by Crippen LogP contribution is 2.23. The largest absolute Gasteiger partial charge is 0.396 e. The lowest BCUT2D eigenvalue weighted by Gasteiger charge is -2.02. The fourth-order valence-electron chi connectivity index (χ4n) is 2.54. The van der Waals surface area contributed by atoms with Gasteiger partial charge in [0.2, 0.25) is 0 Å². The summed E-state index contributed by atoms with van der Waals surface area (Å²) in [5.74, 6) is 0.924. The van der Waals surface area contributed by atoms with E-state index in [1.165, 1.54) is 19.3 Å². The second-order valence-corrected chi connectivity index (χ2v) is 6.39. The lowest BCUT2D eigenvalue weighted by atomic mass is 10.1. The van der Waals surface area contributed by atoms with Crippen LogP contribution >= 0.6 is 0 Å². The summed E-state index contributed by atoms with van der Waals surface area (Å²) in [5, 5.41) is 17.3. The van der Waals surface area contributed by atoms with Gasteiger partial charge in [0.15, 0.2) is 0 Å². The van der Waals surface area contributed by atoms with Crippen molar-refractivity contribution >= 4 is 5.78 Å². The quantitative estimate of drug-likeness (QED) is 0.341. The van der Waals surface area contributed by atoms with Gasteiger partial charge < -0.3 is 10.2 Å². The van der Waals surface area contributed by atoms with E-state index in [0.717, 1.165) is 51.4 Å². The third kappa shape index (κ3) is 25.6. The van der Waals surface area contributed by atoms with E-state index in [1.807, 2.05) is 34.6 Å². The molecule has 0 radical (unpaired) electrons. The van der Waals surface area contributed by atoms with Gasteiger partial charge in [-0.2, -0.15) is 0 Å². The van der Waals surface area contributed by atoms with Crippen LogP contribution in [0.1, 0.15) is 112 Å². The van der Waals surface area contributed by atoms with Crippen LogP contribution in [0.2, 0.25) is 0 Å². The van der Waals surface area contributed by atoms with Crippen LogP contribution < -0.4 is 0 Å². The van der Waals surface area contributed by atoms with Gasteiger partial charge >= 0.3 is 0 Å². The number of aliphatic hydroxyl groups excluding tert-OH is 2. The Labute approximate surface area is 164 Å². The Morgan fingerprint density at radius 1 is 1.08 bits per heavy atom.